The molecule has 1 aliphatic rings. The Balaban J connectivity index is 1.34. The summed E-state index contributed by atoms with van der Waals surface area (Å²) in [6.07, 6.45) is 0.648. The van der Waals surface area contributed by atoms with E-state index in [4.69, 9.17) is 9.84 Å². The largest absolute Gasteiger partial charge is 0.481 e. The number of carbonyl (C=O) groups excluding carboxylic acids is 2. The molecule has 0 saturated heterocycles. The molecule has 0 bridgehead atoms. The van der Waals surface area contributed by atoms with Crippen LogP contribution < -0.4 is 10.6 Å². The summed E-state index contributed by atoms with van der Waals surface area (Å²) in [5.74, 6) is -1.33. The molecule has 0 unspecified atom stereocenters. The van der Waals surface area contributed by atoms with E-state index >= 15 is 0 Å². The van der Waals surface area contributed by atoms with Crippen molar-refractivity contribution in [1.29, 1.82) is 0 Å². The van der Waals surface area contributed by atoms with E-state index in [9.17, 15) is 14.4 Å². The second-order valence-electron chi connectivity index (χ2n) is 8.58. The van der Waals surface area contributed by atoms with Crippen LogP contribution in [0.5, 0.6) is 0 Å². The lowest BCUT2D eigenvalue weighted by molar-refractivity contribution is -0.137. The molecule has 1 atom stereocenters. The number of amides is 2. The van der Waals surface area contributed by atoms with Crippen LogP contribution in [0.3, 0.4) is 0 Å². The second kappa shape index (κ2) is 10.9. The van der Waals surface area contributed by atoms with Gasteiger partial charge in [-0.05, 0) is 52.9 Å². The fraction of sp³-hybridized carbons (Fsp3) is 0.250. The van der Waals surface area contributed by atoms with Gasteiger partial charge in [0.15, 0.2) is 0 Å². The van der Waals surface area contributed by atoms with Crippen molar-refractivity contribution in [2.75, 3.05) is 11.9 Å². The Morgan fingerprint density at radius 3 is 2.09 bits per heavy atom. The van der Waals surface area contributed by atoms with Crippen molar-refractivity contribution in [1.82, 2.24) is 5.32 Å². The summed E-state index contributed by atoms with van der Waals surface area (Å²) in [5, 5.41) is 14.5. The monoisotopic (exact) mass is 472 g/mol. The van der Waals surface area contributed by atoms with Gasteiger partial charge >= 0.3 is 12.1 Å². The quantitative estimate of drug-likeness (QED) is 0.386. The fourth-order valence-corrected chi connectivity index (χ4v) is 4.51. The molecule has 7 heteroatoms. The number of rotatable bonds is 9. The van der Waals surface area contributed by atoms with Gasteiger partial charge in [0.25, 0.3) is 5.91 Å². The van der Waals surface area contributed by atoms with Crippen LogP contribution in [0.4, 0.5) is 10.5 Å². The molecular formula is C28H28N2O5. The van der Waals surface area contributed by atoms with E-state index in [-0.39, 0.29) is 24.9 Å². The van der Waals surface area contributed by atoms with Gasteiger partial charge in [-0.3, -0.25) is 14.9 Å². The molecule has 2 amide bonds. The van der Waals surface area contributed by atoms with Gasteiger partial charge in [-0.2, -0.15) is 0 Å². The summed E-state index contributed by atoms with van der Waals surface area (Å²) in [5.41, 5.74) is 5.48. The Hall–Kier alpha value is -4.13. The van der Waals surface area contributed by atoms with Gasteiger partial charge in [0.1, 0.15) is 6.61 Å². The first kappa shape index (κ1) is 24.0. The first-order valence-corrected chi connectivity index (χ1v) is 11.7. The van der Waals surface area contributed by atoms with Crippen LogP contribution in [0.15, 0.2) is 72.8 Å². The molecule has 3 aromatic carbocycles. The zero-order valence-electron chi connectivity index (χ0n) is 19.5. The van der Waals surface area contributed by atoms with Crippen molar-refractivity contribution in [3.8, 4) is 11.1 Å². The van der Waals surface area contributed by atoms with Crippen molar-refractivity contribution in [3.05, 3.63) is 89.5 Å². The Labute approximate surface area is 204 Å². The molecule has 0 aromatic heterocycles. The zero-order valence-corrected chi connectivity index (χ0v) is 19.5. The highest BCUT2D eigenvalue weighted by Gasteiger charge is 2.29. The van der Waals surface area contributed by atoms with Crippen LogP contribution in [-0.2, 0) is 9.53 Å². The number of aliphatic carboxylic acids is 1. The number of carboxylic acids is 1. The molecule has 0 aliphatic heterocycles. The minimum Gasteiger partial charge on any atom is -0.481 e. The van der Waals surface area contributed by atoms with Crippen LogP contribution in [0.2, 0.25) is 0 Å². The number of hydrogen-bond donors (Lipinski definition) is 3. The molecule has 180 valence electrons. The lowest BCUT2D eigenvalue weighted by Gasteiger charge is -2.16. The van der Waals surface area contributed by atoms with E-state index in [2.05, 4.69) is 34.9 Å². The van der Waals surface area contributed by atoms with Gasteiger partial charge in [0, 0.05) is 23.2 Å². The molecule has 0 fully saturated rings. The van der Waals surface area contributed by atoms with Crippen LogP contribution in [0, 0.1) is 0 Å². The van der Waals surface area contributed by atoms with Crippen LogP contribution >= 0.6 is 0 Å². The molecule has 0 heterocycles. The topological polar surface area (TPSA) is 105 Å². The third-order valence-corrected chi connectivity index (χ3v) is 6.13. The molecule has 35 heavy (non-hydrogen) atoms. The maximum atomic E-state index is 12.5. The van der Waals surface area contributed by atoms with Gasteiger partial charge in [-0.1, -0.05) is 61.9 Å². The van der Waals surface area contributed by atoms with Crippen molar-refractivity contribution in [3.63, 3.8) is 0 Å². The van der Waals surface area contributed by atoms with E-state index in [1.54, 1.807) is 24.3 Å². The van der Waals surface area contributed by atoms with Crippen molar-refractivity contribution in [2.24, 2.45) is 0 Å². The molecule has 0 radical (unpaired) electrons. The molecule has 3 aromatic rings. The highest BCUT2D eigenvalue weighted by Crippen LogP contribution is 2.44. The van der Waals surface area contributed by atoms with E-state index in [0.717, 1.165) is 28.7 Å². The fourth-order valence-electron chi connectivity index (χ4n) is 4.51. The average Bonchev–Trinajstić information content (AvgIpc) is 3.16. The third-order valence-electron chi connectivity index (χ3n) is 6.13. The Bertz CT molecular complexity index is 1180. The molecule has 0 saturated carbocycles. The van der Waals surface area contributed by atoms with Gasteiger partial charge in [0.2, 0.25) is 0 Å². The number of benzene rings is 3. The molecule has 0 spiro atoms. The number of carboxylic acid groups (broad SMARTS) is 1. The summed E-state index contributed by atoms with van der Waals surface area (Å²) in [7, 11) is 0. The average molecular weight is 473 g/mol. The molecule has 7 nitrogen and oxygen atoms in total. The highest BCUT2D eigenvalue weighted by molar-refractivity contribution is 5.95. The number of hydrogen-bond acceptors (Lipinski definition) is 4. The Kier molecular flexibility index (Phi) is 7.45. The maximum Gasteiger partial charge on any atom is 0.411 e. The maximum absolute atomic E-state index is 12.5. The van der Waals surface area contributed by atoms with Gasteiger partial charge < -0.3 is 15.2 Å². The summed E-state index contributed by atoms with van der Waals surface area (Å²) < 4.78 is 5.55. The predicted octanol–water partition coefficient (Wildman–Crippen LogP) is 5.42. The lowest BCUT2D eigenvalue weighted by Crippen LogP contribution is -2.36. The summed E-state index contributed by atoms with van der Waals surface area (Å²) >= 11 is 0. The van der Waals surface area contributed by atoms with Gasteiger partial charge in [-0.15, -0.1) is 0 Å². The lowest BCUT2D eigenvalue weighted by atomic mass is 9.98. The van der Waals surface area contributed by atoms with E-state index in [1.165, 1.54) is 0 Å². The number of fused-ring (bicyclic) bond motifs is 3. The van der Waals surface area contributed by atoms with Crippen molar-refractivity contribution < 1.29 is 24.2 Å². The molecule has 3 N–H and O–H groups in total. The SMILES string of the molecule is CCC[C@@H](CC(=O)O)NC(=O)c1ccc(NC(=O)OCC2c3ccccc3-c3ccccc32)cc1. The zero-order chi connectivity index (χ0) is 24.8. The van der Waals surface area contributed by atoms with Crippen LogP contribution in [0.1, 0.15) is 53.6 Å². The minimum absolute atomic E-state index is 0.0268. The molecule has 4 rings (SSSR count). The van der Waals surface area contributed by atoms with Crippen LogP contribution in [-0.4, -0.2) is 35.7 Å². The number of carbonyl (C=O) groups is 3. The van der Waals surface area contributed by atoms with Gasteiger partial charge in [-0.25, -0.2) is 4.79 Å². The number of anilines is 1. The smallest absolute Gasteiger partial charge is 0.411 e. The van der Waals surface area contributed by atoms with E-state index < -0.39 is 18.1 Å². The number of ether oxygens (including phenoxy) is 1. The molecular weight excluding hydrogens is 444 g/mol. The normalized spacial score (nSPS) is 12.8. The summed E-state index contributed by atoms with van der Waals surface area (Å²) in [6, 6.07) is 22.2. The first-order chi connectivity index (χ1) is 17.0. The van der Waals surface area contributed by atoms with Gasteiger partial charge in [0.05, 0.1) is 6.42 Å². The highest BCUT2D eigenvalue weighted by atomic mass is 16.5. The Morgan fingerprint density at radius 2 is 1.51 bits per heavy atom. The predicted molar refractivity (Wildman–Crippen MR) is 134 cm³/mol. The number of nitrogens with one attached hydrogen (secondary N) is 2. The second-order valence-corrected chi connectivity index (χ2v) is 8.58. The molecule has 1 aliphatic carbocycles. The third kappa shape index (κ3) is 5.69. The van der Waals surface area contributed by atoms with E-state index in [1.807, 2.05) is 31.2 Å². The minimum atomic E-state index is -0.952. The van der Waals surface area contributed by atoms with Crippen LogP contribution in [0.25, 0.3) is 11.1 Å². The first-order valence-electron chi connectivity index (χ1n) is 11.7. The Morgan fingerprint density at radius 1 is 0.914 bits per heavy atom. The summed E-state index contributed by atoms with van der Waals surface area (Å²) in [4.78, 5) is 35.9. The summed E-state index contributed by atoms with van der Waals surface area (Å²) in [6.45, 7) is 2.15. The van der Waals surface area contributed by atoms with E-state index in [0.29, 0.717) is 17.7 Å². The van der Waals surface area contributed by atoms with Crippen molar-refractivity contribution >= 4 is 23.7 Å². The standard InChI is InChI=1S/C28H28N2O5/c1-2-7-20(16-26(31)32)29-27(33)18-12-14-19(15-13-18)30-28(34)35-17-25-23-10-5-3-8-21(23)22-9-4-6-11-24(22)25/h3-6,8-15,20,25H,2,7,16-17H2,1H3,(H,29,33)(H,30,34)(H,31,32)/t20-/m0/s1. The van der Waals surface area contributed by atoms with Crippen molar-refractivity contribution in [2.45, 2.75) is 38.1 Å².